The fraction of sp³-hybridized carbons (Fsp3) is 0.385. The van der Waals surface area contributed by atoms with Crippen molar-refractivity contribution < 1.29 is 0 Å². The van der Waals surface area contributed by atoms with Crippen molar-refractivity contribution in [3.8, 4) is 48.9 Å². The summed E-state index contributed by atoms with van der Waals surface area (Å²) >= 11 is 0. The number of hydrogen-bond acceptors (Lipinski definition) is 0. The molecule has 0 heteroatoms. The van der Waals surface area contributed by atoms with Crippen molar-refractivity contribution in [3.05, 3.63) is 0 Å². The molecule has 0 atom stereocenters. The van der Waals surface area contributed by atoms with Crippen LogP contribution in [0.25, 0.3) is 0 Å². The molecule has 13 heavy (non-hydrogen) atoms. The van der Waals surface area contributed by atoms with E-state index in [-0.39, 0.29) is 0 Å². The van der Waals surface area contributed by atoms with E-state index in [1.807, 2.05) is 0 Å². The molecule has 0 aromatic rings. The van der Waals surface area contributed by atoms with E-state index >= 15 is 0 Å². The maximum atomic E-state index is 5.41. The molecule has 0 fully saturated rings. The molecule has 0 rings (SSSR count). The molecule has 0 saturated heterocycles. The van der Waals surface area contributed by atoms with E-state index < -0.39 is 5.41 Å². The first-order valence-corrected chi connectivity index (χ1v) is 3.99. The van der Waals surface area contributed by atoms with Crippen LogP contribution in [0.15, 0.2) is 0 Å². The first-order chi connectivity index (χ1) is 6.24. The molecule has 0 radical (unpaired) electrons. The van der Waals surface area contributed by atoms with Crippen LogP contribution >= 0.6 is 0 Å². The van der Waals surface area contributed by atoms with Crippen LogP contribution in [0.5, 0.6) is 0 Å². The molecular weight excluding hydrogens is 156 g/mol. The summed E-state index contributed by atoms with van der Waals surface area (Å²) in [5.74, 6) is 13.5. The molecule has 0 saturated carbocycles. The molecule has 0 aromatic heterocycles. The van der Waals surface area contributed by atoms with E-state index in [1.54, 1.807) is 6.92 Å². The Balaban J connectivity index is 4.67. The molecule has 0 aliphatic heterocycles. The van der Waals surface area contributed by atoms with E-state index in [0.717, 1.165) is 0 Å². The lowest BCUT2D eigenvalue weighted by molar-refractivity contribution is 0.439. The molecule has 0 aliphatic carbocycles. The van der Waals surface area contributed by atoms with E-state index in [4.69, 9.17) is 19.3 Å². The number of hydrogen-bond donors (Lipinski definition) is 0. The van der Waals surface area contributed by atoms with E-state index in [1.165, 1.54) is 0 Å². The van der Waals surface area contributed by atoms with E-state index in [9.17, 15) is 0 Å². The van der Waals surface area contributed by atoms with Gasteiger partial charge < -0.3 is 0 Å². The van der Waals surface area contributed by atoms with Gasteiger partial charge in [0, 0.05) is 19.3 Å². The Labute approximate surface area is 81.1 Å². The minimum absolute atomic E-state index is 0.424. The van der Waals surface area contributed by atoms with Gasteiger partial charge in [0.05, 0.1) is 5.41 Å². The van der Waals surface area contributed by atoms with Crippen molar-refractivity contribution in [2.24, 2.45) is 5.41 Å². The van der Waals surface area contributed by atoms with Crippen molar-refractivity contribution >= 4 is 0 Å². The normalized spacial score (nSPS) is 8.46. The Morgan fingerprint density at radius 2 is 1.54 bits per heavy atom. The molecule has 0 aliphatic rings. The third kappa shape index (κ3) is 3.43. The predicted molar refractivity (Wildman–Crippen MR) is 56.2 cm³/mol. The zero-order valence-electron chi connectivity index (χ0n) is 7.85. The van der Waals surface area contributed by atoms with Crippen LogP contribution in [0.4, 0.5) is 0 Å². The fourth-order valence-corrected chi connectivity index (χ4v) is 0.989. The monoisotopic (exact) mass is 168 g/mol. The van der Waals surface area contributed by atoms with E-state index in [0.29, 0.717) is 19.3 Å². The first-order valence-electron chi connectivity index (χ1n) is 3.99. The van der Waals surface area contributed by atoms with Crippen LogP contribution in [0.2, 0.25) is 0 Å². The molecular formula is C13H12. The van der Waals surface area contributed by atoms with Gasteiger partial charge in [0.2, 0.25) is 0 Å². The summed E-state index contributed by atoms with van der Waals surface area (Å²) in [4.78, 5) is 0. The van der Waals surface area contributed by atoms with Crippen LogP contribution in [0, 0.1) is 54.3 Å². The Morgan fingerprint density at radius 1 is 1.00 bits per heavy atom. The lowest BCUT2D eigenvalue weighted by atomic mass is 9.79. The predicted octanol–water partition coefficient (Wildman–Crippen LogP) is 2.07. The van der Waals surface area contributed by atoms with Gasteiger partial charge >= 0.3 is 0 Å². The van der Waals surface area contributed by atoms with Crippen molar-refractivity contribution in [3.63, 3.8) is 0 Å². The number of rotatable bonds is 3. The molecule has 0 nitrogen and oxygen atoms in total. The van der Waals surface area contributed by atoms with Gasteiger partial charge in [0.25, 0.3) is 0 Å². The highest BCUT2D eigenvalue weighted by molar-refractivity contribution is 5.19. The van der Waals surface area contributed by atoms with E-state index in [2.05, 4.69) is 29.6 Å². The second kappa shape index (κ2) is 5.84. The van der Waals surface area contributed by atoms with Crippen molar-refractivity contribution in [2.45, 2.75) is 26.2 Å². The summed E-state index contributed by atoms with van der Waals surface area (Å²) in [5.41, 5.74) is -0.424. The topological polar surface area (TPSA) is 0 Å². The third-order valence-corrected chi connectivity index (χ3v) is 1.79. The summed E-state index contributed by atoms with van der Waals surface area (Å²) in [6.45, 7) is 1.77. The second-order valence-corrected chi connectivity index (χ2v) is 2.79. The molecule has 0 amide bonds. The highest BCUT2D eigenvalue weighted by Crippen LogP contribution is 2.28. The molecule has 64 valence electrons. The van der Waals surface area contributed by atoms with Crippen LogP contribution in [0.3, 0.4) is 0 Å². The van der Waals surface area contributed by atoms with Crippen LogP contribution in [-0.4, -0.2) is 0 Å². The van der Waals surface area contributed by atoms with Gasteiger partial charge in [-0.3, -0.25) is 0 Å². The average molecular weight is 168 g/mol. The molecule has 0 bridgehead atoms. The molecule has 0 N–H and O–H groups in total. The second-order valence-electron chi connectivity index (χ2n) is 2.79. The summed E-state index contributed by atoms with van der Waals surface area (Å²) in [6, 6.07) is 0. The van der Waals surface area contributed by atoms with Gasteiger partial charge in [-0.1, -0.05) is 5.92 Å². The van der Waals surface area contributed by atoms with Crippen molar-refractivity contribution in [1.29, 1.82) is 0 Å². The fourth-order valence-electron chi connectivity index (χ4n) is 0.989. The Morgan fingerprint density at radius 3 is 1.85 bits per heavy atom. The van der Waals surface area contributed by atoms with Crippen molar-refractivity contribution in [2.75, 3.05) is 0 Å². The van der Waals surface area contributed by atoms with Crippen LogP contribution in [0.1, 0.15) is 26.2 Å². The van der Waals surface area contributed by atoms with Gasteiger partial charge in [-0.05, 0) is 6.92 Å². The van der Waals surface area contributed by atoms with Gasteiger partial charge in [0.1, 0.15) is 0 Å². The first kappa shape index (κ1) is 11.2. The lowest BCUT2D eigenvalue weighted by Gasteiger charge is -2.20. The minimum atomic E-state index is -0.424. The maximum absolute atomic E-state index is 5.41. The highest BCUT2D eigenvalue weighted by Gasteiger charge is 2.24. The van der Waals surface area contributed by atoms with Crippen LogP contribution in [-0.2, 0) is 0 Å². The summed E-state index contributed by atoms with van der Waals surface area (Å²) in [7, 11) is 0. The SMILES string of the molecule is C#CCC(C#C)(CC#C)CC#CC. The smallest absolute Gasteiger partial charge is 0.0638 e. The quantitative estimate of drug-likeness (QED) is 0.566. The Bertz CT molecular complexity index is 311. The molecule has 0 unspecified atom stereocenters. The molecule has 0 aromatic carbocycles. The zero-order chi connectivity index (χ0) is 10.2. The largest absolute Gasteiger partial charge is 0.120 e. The Hall–Kier alpha value is -1.76. The standard InChI is InChI=1S/C13H12/c1-5-9-12-13(8-4,10-6-2)11-7-3/h2-4H,10-12H2,1H3. The lowest BCUT2D eigenvalue weighted by Crippen LogP contribution is -2.16. The average Bonchev–Trinajstić information content (AvgIpc) is 2.15. The molecule has 0 heterocycles. The summed E-state index contributed by atoms with van der Waals surface area (Å²) in [5, 5.41) is 0. The molecule has 0 spiro atoms. The van der Waals surface area contributed by atoms with Crippen molar-refractivity contribution in [1.82, 2.24) is 0 Å². The summed E-state index contributed by atoms with van der Waals surface area (Å²) in [6.07, 6.45) is 17.4. The van der Waals surface area contributed by atoms with Gasteiger partial charge in [0.15, 0.2) is 0 Å². The van der Waals surface area contributed by atoms with Crippen LogP contribution < -0.4 is 0 Å². The van der Waals surface area contributed by atoms with Gasteiger partial charge in [-0.2, -0.15) is 0 Å². The minimum Gasteiger partial charge on any atom is -0.120 e. The Kier molecular flexibility index (Phi) is 5.05. The summed E-state index contributed by atoms with van der Waals surface area (Å²) < 4.78 is 0. The van der Waals surface area contributed by atoms with Gasteiger partial charge in [-0.15, -0.1) is 43.0 Å². The zero-order valence-corrected chi connectivity index (χ0v) is 7.85. The maximum Gasteiger partial charge on any atom is 0.0638 e. The highest BCUT2D eigenvalue weighted by atomic mass is 14.2. The van der Waals surface area contributed by atoms with Gasteiger partial charge in [-0.25, -0.2) is 0 Å². The number of terminal acetylenes is 3. The third-order valence-electron chi connectivity index (χ3n) is 1.79.